The van der Waals surface area contributed by atoms with E-state index in [1.54, 1.807) is 12.1 Å². The van der Waals surface area contributed by atoms with Gasteiger partial charge in [0.1, 0.15) is 0 Å². The molecule has 1 aromatic rings. The monoisotopic (exact) mass is 377 g/mol. The van der Waals surface area contributed by atoms with E-state index in [9.17, 15) is 18.3 Å². The van der Waals surface area contributed by atoms with Crippen molar-refractivity contribution >= 4 is 28.3 Å². The van der Waals surface area contributed by atoms with Gasteiger partial charge in [0.15, 0.2) is 0 Å². The lowest BCUT2D eigenvalue weighted by atomic mass is 10.1. The molecule has 4 N–H and O–H groups in total. The number of amides is 1. The van der Waals surface area contributed by atoms with E-state index in [4.69, 9.17) is 0 Å². The van der Waals surface area contributed by atoms with E-state index in [-0.39, 0.29) is 29.1 Å². The average Bonchev–Trinajstić information content (AvgIpc) is 2.96. The summed E-state index contributed by atoms with van der Waals surface area (Å²) in [7, 11) is -2.06. The normalized spacial score (nSPS) is 20.4. The van der Waals surface area contributed by atoms with E-state index in [1.165, 1.54) is 19.2 Å². The summed E-state index contributed by atoms with van der Waals surface area (Å²) in [5, 5.41) is 15.5. The van der Waals surface area contributed by atoms with Crippen molar-refractivity contribution in [3.05, 3.63) is 29.8 Å². The Morgan fingerprint density at radius 2 is 1.96 bits per heavy atom. The van der Waals surface area contributed by atoms with Gasteiger partial charge in [-0.1, -0.05) is 12.1 Å². The fourth-order valence-electron chi connectivity index (χ4n) is 2.47. The first-order valence-corrected chi connectivity index (χ1v) is 9.08. The molecule has 1 fully saturated rings. The Morgan fingerprint density at radius 1 is 1.29 bits per heavy atom. The van der Waals surface area contributed by atoms with Gasteiger partial charge in [-0.15, -0.1) is 12.4 Å². The van der Waals surface area contributed by atoms with Crippen LogP contribution in [0.4, 0.5) is 0 Å². The number of carbonyl (C=O) groups is 1. The minimum atomic E-state index is -3.43. The fourth-order valence-corrected chi connectivity index (χ4v) is 3.20. The highest BCUT2D eigenvalue weighted by molar-refractivity contribution is 7.89. The van der Waals surface area contributed by atoms with Crippen LogP contribution < -0.4 is 15.4 Å². The predicted octanol–water partition coefficient (Wildman–Crippen LogP) is -0.354. The molecule has 2 rings (SSSR count). The third kappa shape index (κ3) is 5.71. The molecule has 24 heavy (non-hydrogen) atoms. The number of rotatable bonds is 7. The molecule has 1 aliphatic heterocycles. The number of aliphatic hydroxyl groups excluding tert-OH is 1. The van der Waals surface area contributed by atoms with Crippen LogP contribution in [0, 0.1) is 5.92 Å². The van der Waals surface area contributed by atoms with E-state index in [0.29, 0.717) is 32.5 Å². The molecule has 1 aromatic carbocycles. The quantitative estimate of drug-likeness (QED) is 0.519. The van der Waals surface area contributed by atoms with Gasteiger partial charge in [0.25, 0.3) is 0 Å². The molecule has 0 bridgehead atoms. The van der Waals surface area contributed by atoms with E-state index in [2.05, 4.69) is 15.4 Å². The Bertz CT molecular complexity index is 637. The van der Waals surface area contributed by atoms with Gasteiger partial charge in [0.2, 0.25) is 15.9 Å². The van der Waals surface area contributed by atoms with Crippen LogP contribution in [0.15, 0.2) is 29.2 Å². The zero-order chi connectivity index (χ0) is 16.9. The van der Waals surface area contributed by atoms with Gasteiger partial charge in [-0.05, 0) is 31.2 Å². The first kappa shape index (κ1) is 20.9. The van der Waals surface area contributed by atoms with Crippen LogP contribution in [-0.4, -0.2) is 52.2 Å². The molecule has 9 heteroatoms. The predicted molar refractivity (Wildman–Crippen MR) is 93.6 cm³/mol. The molecule has 1 amide bonds. The van der Waals surface area contributed by atoms with E-state index < -0.39 is 16.1 Å². The fraction of sp³-hybridized carbons (Fsp3) is 0.533. The number of hydrogen-bond donors (Lipinski definition) is 4. The number of aryl methyl sites for hydroxylation is 1. The molecule has 0 saturated carbocycles. The van der Waals surface area contributed by atoms with E-state index in [0.717, 1.165) is 5.56 Å². The van der Waals surface area contributed by atoms with Gasteiger partial charge >= 0.3 is 0 Å². The van der Waals surface area contributed by atoms with Gasteiger partial charge < -0.3 is 15.7 Å². The number of carbonyl (C=O) groups excluding carboxylic acids is 1. The summed E-state index contributed by atoms with van der Waals surface area (Å²) in [4.78, 5) is 12.0. The summed E-state index contributed by atoms with van der Waals surface area (Å²) in [5.41, 5.74) is 0.901. The van der Waals surface area contributed by atoms with Crippen molar-refractivity contribution in [3.63, 3.8) is 0 Å². The number of halogens is 1. The highest BCUT2D eigenvalue weighted by Crippen LogP contribution is 2.12. The van der Waals surface area contributed by atoms with Crippen LogP contribution in [0.3, 0.4) is 0 Å². The number of hydrogen-bond acceptors (Lipinski definition) is 5. The van der Waals surface area contributed by atoms with Crippen molar-refractivity contribution in [2.45, 2.75) is 23.8 Å². The summed E-state index contributed by atoms with van der Waals surface area (Å²) in [6, 6.07) is 6.48. The molecule has 7 nitrogen and oxygen atoms in total. The minimum Gasteiger partial charge on any atom is -0.391 e. The van der Waals surface area contributed by atoms with Gasteiger partial charge in [-0.25, -0.2) is 13.1 Å². The second-order valence-electron chi connectivity index (χ2n) is 5.64. The molecule has 1 saturated heterocycles. The Kier molecular flexibility index (Phi) is 8.11. The number of aliphatic hydroxyl groups is 1. The molecule has 0 radical (unpaired) electrons. The van der Waals surface area contributed by atoms with Crippen LogP contribution >= 0.6 is 12.4 Å². The van der Waals surface area contributed by atoms with Crippen molar-refractivity contribution < 1.29 is 18.3 Å². The van der Waals surface area contributed by atoms with Crippen molar-refractivity contribution in [1.29, 1.82) is 0 Å². The van der Waals surface area contributed by atoms with E-state index >= 15 is 0 Å². The van der Waals surface area contributed by atoms with Gasteiger partial charge in [0.05, 0.1) is 11.0 Å². The highest BCUT2D eigenvalue weighted by Gasteiger charge is 2.24. The zero-order valence-corrected chi connectivity index (χ0v) is 15.1. The number of β-amino-alcohol motifs (C(OH)–C–C–N with tert-alkyl or cyclic N) is 1. The highest BCUT2D eigenvalue weighted by atomic mass is 35.5. The SMILES string of the molecule is CNS(=O)(=O)c1ccc(CCC(=O)NCC2CNCC2O)cc1.Cl. The Balaban J connectivity index is 0.00000288. The topological polar surface area (TPSA) is 108 Å². The summed E-state index contributed by atoms with van der Waals surface area (Å²) in [5.74, 6) is -0.0130. The van der Waals surface area contributed by atoms with Crippen molar-refractivity contribution in [2.24, 2.45) is 5.92 Å². The lowest BCUT2D eigenvalue weighted by molar-refractivity contribution is -0.121. The Hall–Kier alpha value is -1.19. The Morgan fingerprint density at radius 3 is 2.50 bits per heavy atom. The lowest BCUT2D eigenvalue weighted by Crippen LogP contribution is -2.34. The van der Waals surface area contributed by atoms with Crippen molar-refractivity contribution in [1.82, 2.24) is 15.4 Å². The molecular formula is C15H24ClN3O4S. The van der Waals surface area contributed by atoms with E-state index in [1.807, 2.05) is 0 Å². The standard InChI is InChI=1S/C15H23N3O4S.ClH/c1-16-23(21,22)13-5-2-11(3-6-13)4-7-15(20)18-9-12-8-17-10-14(12)19;/h2-3,5-6,12,14,16-17,19H,4,7-10H2,1H3,(H,18,20);1H. The molecular weight excluding hydrogens is 354 g/mol. The number of nitrogens with one attached hydrogen (secondary N) is 3. The Labute approximate surface area is 148 Å². The largest absolute Gasteiger partial charge is 0.391 e. The average molecular weight is 378 g/mol. The summed E-state index contributed by atoms with van der Waals surface area (Å²) in [6.07, 6.45) is 0.461. The first-order chi connectivity index (χ1) is 10.9. The second-order valence-corrected chi connectivity index (χ2v) is 7.53. The van der Waals surface area contributed by atoms with Crippen LogP contribution in [0.1, 0.15) is 12.0 Å². The first-order valence-electron chi connectivity index (χ1n) is 7.60. The number of sulfonamides is 1. The van der Waals surface area contributed by atoms with Crippen LogP contribution in [-0.2, 0) is 21.2 Å². The summed E-state index contributed by atoms with van der Waals surface area (Å²) >= 11 is 0. The lowest BCUT2D eigenvalue weighted by Gasteiger charge is -2.14. The molecule has 136 valence electrons. The summed E-state index contributed by atoms with van der Waals surface area (Å²) in [6.45, 7) is 1.75. The van der Waals surface area contributed by atoms with Gasteiger partial charge in [0, 0.05) is 32.0 Å². The molecule has 0 aliphatic carbocycles. The van der Waals surface area contributed by atoms with Crippen molar-refractivity contribution in [2.75, 3.05) is 26.7 Å². The maximum atomic E-state index is 11.8. The molecule has 1 heterocycles. The van der Waals surface area contributed by atoms with Crippen molar-refractivity contribution in [3.8, 4) is 0 Å². The third-order valence-electron chi connectivity index (χ3n) is 4.01. The molecule has 0 aromatic heterocycles. The van der Waals surface area contributed by atoms with Gasteiger partial charge in [-0.2, -0.15) is 0 Å². The molecule has 1 aliphatic rings. The van der Waals surface area contributed by atoms with Gasteiger partial charge in [-0.3, -0.25) is 4.79 Å². The maximum absolute atomic E-state index is 11.8. The third-order valence-corrected chi connectivity index (χ3v) is 5.44. The zero-order valence-electron chi connectivity index (χ0n) is 13.5. The summed E-state index contributed by atoms with van der Waals surface area (Å²) < 4.78 is 25.5. The molecule has 0 spiro atoms. The second kappa shape index (κ2) is 9.33. The smallest absolute Gasteiger partial charge is 0.240 e. The molecule has 2 atom stereocenters. The maximum Gasteiger partial charge on any atom is 0.240 e. The minimum absolute atomic E-state index is 0. The van der Waals surface area contributed by atoms with Crippen LogP contribution in [0.2, 0.25) is 0 Å². The molecule has 2 unspecified atom stereocenters. The number of benzene rings is 1. The van der Waals surface area contributed by atoms with Crippen LogP contribution in [0.5, 0.6) is 0 Å². The van der Waals surface area contributed by atoms with Crippen LogP contribution in [0.25, 0.3) is 0 Å².